The standard InChI is InChI=1S/C23H26F3N3O2/c1-14-15(2)20(30)8-7-18(14)19-5-3-4-17-13-28(10-11-29(17)19)22(31)16-6-9-21(27-12-16)23(24,25)26/h6-9,12,17,19,30H,3-5,10-11,13H2,1-2H3/t17?,19-/m1/s1. The summed E-state index contributed by atoms with van der Waals surface area (Å²) in [5, 5.41) is 10.00. The Kier molecular flexibility index (Phi) is 5.68. The fraction of sp³-hybridized carbons (Fsp3) is 0.478. The molecule has 31 heavy (non-hydrogen) atoms. The number of fused-ring (bicyclic) bond motifs is 1. The second kappa shape index (κ2) is 8.15. The lowest BCUT2D eigenvalue weighted by Gasteiger charge is -2.48. The molecule has 1 unspecified atom stereocenters. The highest BCUT2D eigenvalue weighted by atomic mass is 19.4. The van der Waals surface area contributed by atoms with Gasteiger partial charge < -0.3 is 10.0 Å². The number of aromatic hydroxyl groups is 1. The number of carbonyl (C=O) groups excluding carboxylic acids is 1. The smallest absolute Gasteiger partial charge is 0.433 e. The fourth-order valence-electron chi connectivity index (χ4n) is 4.83. The number of carbonyl (C=O) groups is 1. The van der Waals surface area contributed by atoms with Crippen molar-refractivity contribution in [2.75, 3.05) is 19.6 Å². The zero-order chi connectivity index (χ0) is 22.3. The number of pyridine rings is 1. The minimum Gasteiger partial charge on any atom is -0.508 e. The summed E-state index contributed by atoms with van der Waals surface area (Å²) >= 11 is 0. The molecule has 166 valence electrons. The molecular formula is C23H26F3N3O2. The van der Waals surface area contributed by atoms with Crippen LogP contribution in [0.4, 0.5) is 13.2 Å². The first-order valence-electron chi connectivity index (χ1n) is 10.5. The monoisotopic (exact) mass is 433 g/mol. The number of aromatic nitrogens is 1. The number of phenolic OH excluding ortho intramolecular Hbond substituents is 1. The molecule has 2 atom stereocenters. The third-order valence-corrected chi connectivity index (χ3v) is 6.69. The number of halogens is 3. The number of piperazine rings is 1. The van der Waals surface area contributed by atoms with Crippen LogP contribution in [0.3, 0.4) is 0 Å². The molecule has 0 saturated carbocycles. The Bertz CT molecular complexity index is 975. The fourth-order valence-corrected chi connectivity index (χ4v) is 4.83. The molecule has 2 aliphatic rings. The van der Waals surface area contributed by atoms with E-state index in [4.69, 9.17) is 0 Å². The quantitative estimate of drug-likeness (QED) is 0.759. The minimum atomic E-state index is -4.52. The molecule has 0 bridgehead atoms. The number of benzene rings is 1. The summed E-state index contributed by atoms with van der Waals surface area (Å²) in [5.74, 6) is 0.0221. The van der Waals surface area contributed by atoms with Gasteiger partial charge in [-0.05, 0) is 68.0 Å². The van der Waals surface area contributed by atoms with Crippen molar-refractivity contribution in [3.8, 4) is 5.75 Å². The van der Waals surface area contributed by atoms with E-state index in [2.05, 4.69) is 9.88 Å². The van der Waals surface area contributed by atoms with Gasteiger partial charge in [-0.3, -0.25) is 14.7 Å². The van der Waals surface area contributed by atoms with Crippen LogP contribution in [0.25, 0.3) is 0 Å². The molecule has 2 saturated heterocycles. The summed E-state index contributed by atoms with van der Waals surface area (Å²) in [4.78, 5) is 20.5. The largest absolute Gasteiger partial charge is 0.508 e. The minimum absolute atomic E-state index is 0.179. The number of rotatable bonds is 2. The van der Waals surface area contributed by atoms with E-state index >= 15 is 0 Å². The van der Waals surface area contributed by atoms with Crippen LogP contribution in [0.1, 0.15) is 58.0 Å². The molecule has 1 N–H and O–H groups in total. The van der Waals surface area contributed by atoms with Crippen molar-refractivity contribution in [2.45, 2.75) is 51.4 Å². The Morgan fingerprint density at radius 1 is 1.10 bits per heavy atom. The first-order chi connectivity index (χ1) is 14.7. The summed E-state index contributed by atoms with van der Waals surface area (Å²) in [6, 6.07) is 6.25. The van der Waals surface area contributed by atoms with Gasteiger partial charge in [0.05, 0.1) is 5.56 Å². The zero-order valence-corrected chi connectivity index (χ0v) is 17.6. The van der Waals surface area contributed by atoms with Crippen molar-refractivity contribution in [3.63, 3.8) is 0 Å². The van der Waals surface area contributed by atoms with Gasteiger partial charge in [-0.15, -0.1) is 0 Å². The lowest BCUT2D eigenvalue weighted by molar-refractivity contribution is -0.141. The number of hydrogen-bond donors (Lipinski definition) is 1. The molecule has 1 amide bonds. The van der Waals surface area contributed by atoms with E-state index < -0.39 is 11.9 Å². The van der Waals surface area contributed by atoms with Crippen LogP contribution in [0.15, 0.2) is 30.5 Å². The summed E-state index contributed by atoms with van der Waals surface area (Å²) in [7, 11) is 0. The molecule has 0 radical (unpaired) electrons. The molecule has 1 aromatic heterocycles. The lowest BCUT2D eigenvalue weighted by atomic mass is 9.86. The van der Waals surface area contributed by atoms with Crippen LogP contribution in [-0.2, 0) is 6.18 Å². The zero-order valence-electron chi connectivity index (χ0n) is 17.6. The van der Waals surface area contributed by atoms with Gasteiger partial charge in [0.25, 0.3) is 5.91 Å². The molecule has 2 aromatic rings. The normalized spacial score (nSPS) is 22.3. The van der Waals surface area contributed by atoms with Gasteiger partial charge in [-0.2, -0.15) is 13.2 Å². The van der Waals surface area contributed by atoms with E-state index in [1.54, 1.807) is 11.0 Å². The second-order valence-electron chi connectivity index (χ2n) is 8.44. The van der Waals surface area contributed by atoms with E-state index in [1.807, 2.05) is 19.9 Å². The Labute approximate surface area is 179 Å². The van der Waals surface area contributed by atoms with E-state index in [-0.39, 0.29) is 23.6 Å². The SMILES string of the molecule is Cc1c(O)ccc([C@H]2CCCC3CN(C(=O)c4ccc(C(F)(F)F)nc4)CCN32)c1C. The van der Waals surface area contributed by atoms with Crippen LogP contribution in [0, 0.1) is 13.8 Å². The molecule has 2 aliphatic heterocycles. The molecule has 8 heteroatoms. The third-order valence-electron chi connectivity index (χ3n) is 6.69. The van der Waals surface area contributed by atoms with E-state index in [1.165, 1.54) is 11.6 Å². The Morgan fingerprint density at radius 2 is 1.87 bits per heavy atom. The number of alkyl halides is 3. The molecule has 2 fully saturated rings. The highest BCUT2D eigenvalue weighted by Gasteiger charge is 2.38. The third kappa shape index (κ3) is 4.13. The van der Waals surface area contributed by atoms with Crippen molar-refractivity contribution in [2.24, 2.45) is 0 Å². The van der Waals surface area contributed by atoms with Gasteiger partial charge in [-0.1, -0.05) is 6.07 Å². The van der Waals surface area contributed by atoms with E-state index in [0.717, 1.165) is 42.7 Å². The number of piperidine rings is 1. The molecule has 3 heterocycles. The maximum atomic E-state index is 12.9. The summed E-state index contributed by atoms with van der Waals surface area (Å²) in [5.41, 5.74) is 2.39. The van der Waals surface area contributed by atoms with Gasteiger partial charge in [-0.25, -0.2) is 0 Å². The average molecular weight is 433 g/mol. The number of amides is 1. The first kappa shape index (κ1) is 21.6. The highest BCUT2D eigenvalue weighted by Crippen LogP contribution is 2.39. The van der Waals surface area contributed by atoms with E-state index in [9.17, 15) is 23.1 Å². The number of phenols is 1. The van der Waals surface area contributed by atoms with Gasteiger partial charge in [0, 0.05) is 37.9 Å². The van der Waals surface area contributed by atoms with Crippen LogP contribution in [0.5, 0.6) is 5.75 Å². The van der Waals surface area contributed by atoms with Crippen LogP contribution in [-0.4, -0.2) is 51.5 Å². The van der Waals surface area contributed by atoms with Crippen LogP contribution >= 0.6 is 0 Å². The lowest BCUT2D eigenvalue weighted by Crippen LogP contribution is -2.57. The van der Waals surface area contributed by atoms with Gasteiger partial charge >= 0.3 is 6.18 Å². The van der Waals surface area contributed by atoms with Crippen molar-refractivity contribution in [1.82, 2.24) is 14.8 Å². The molecule has 5 nitrogen and oxygen atoms in total. The summed E-state index contributed by atoms with van der Waals surface area (Å²) in [6.45, 7) is 5.72. The maximum Gasteiger partial charge on any atom is 0.433 e. The average Bonchev–Trinajstić information content (AvgIpc) is 2.76. The second-order valence-corrected chi connectivity index (χ2v) is 8.44. The number of hydrogen-bond acceptors (Lipinski definition) is 4. The molecule has 0 spiro atoms. The molecule has 4 rings (SSSR count). The Hall–Kier alpha value is -2.61. The van der Waals surface area contributed by atoms with Crippen molar-refractivity contribution < 1.29 is 23.1 Å². The molecule has 1 aromatic carbocycles. The Morgan fingerprint density at radius 3 is 2.55 bits per heavy atom. The maximum absolute atomic E-state index is 12.9. The van der Waals surface area contributed by atoms with Crippen LogP contribution in [0.2, 0.25) is 0 Å². The van der Waals surface area contributed by atoms with Crippen molar-refractivity contribution >= 4 is 5.91 Å². The molecular weight excluding hydrogens is 407 g/mol. The van der Waals surface area contributed by atoms with Crippen molar-refractivity contribution in [1.29, 1.82) is 0 Å². The Balaban J connectivity index is 1.49. The summed E-state index contributed by atoms with van der Waals surface area (Å²) < 4.78 is 38.2. The van der Waals surface area contributed by atoms with Gasteiger partial charge in [0.15, 0.2) is 0 Å². The molecule has 0 aliphatic carbocycles. The predicted molar refractivity (Wildman–Crippen MR) is 110 cm³/mol. The topological polar surface area (TPSA) is 56.7 Å². The van der Waals surface area contributed by atoms with Crippen LogP contribution < -0.4 is 0 Å². The van der Waals surface area contributed by atoms with E-state index in [0.29, 0.717) is 25.4 Å². The first-order valence-corrected chi connectivity index (χ1v) is 10.5. The van der Waals surface area contributed by atoms with Crippen molar-refractivity contribution in [3.05, 3.63) is 58.4 Å². The van der Waals surface area contributed by atoms with Gasteiger partial charge in [0.2, 0.25) is 0 Å². The number of nitrogens with zero attached hydrogens (tertiary/aromatic N) is 3. The predicted octanol–water partition coefficient (Wildman–Crippen LogP) is 4.47. The van der Waals surface area contributed by atoms with Gasteiger partial charge in [0.1, 0.15) is 11.4 Å². The highest BCUT2D eigenvalue weighted by molar-refractivity contribution is 5.94. The summed E-state index contributed by atoms with van der Waals surface area (Å²) in [6.07, 6.45) is -0.464.